The number of aliphatic hydroxyl groups excluding tert-OH is 3. The zero-order valence-corrected chi connectivity index (χ0v) is 20.8. The van der Waals surface area contributed by atoms with Gasteiger partial charge >= 0.3 is 6.18 Å². The van der Waals surface area contributed by atoms with E-state index in [2.05, 4.69) is 0 Å². The minimum Gasteiger partial charge on any atom is -0.462 e. The van der Waals surface area contributed by atoms with Gasteiger partial charge in [0.2, 0.25) is 6.29 Å². The molecule has 0 amide bonds. The number of aliphatic hydroxyl groups is 3. The number of hydrogen-bond donors (Lipinski definition) is 3. The van der Waals surface area contributed by atoms with Crippen molar-refractivity contribution in [2.75, 3.05) is 6.61 Å². The first kappa shape index (κ1) is 26.1. The first-order valence-electron chi connectivity index (χ1n) is 12.6. The molecule has 8 unspecified atom stereocenters. The number of rotatable bonds is 5. The van der Waals surface area contributed by atoms with Crippen molar-refractivity contribution in [1.29, 1.82) is 0 Å². The average Bonchev–Trinajstić information content (AvgIpc) is 2.79. The largest absolute Gasteiger partial charge is 0.462 e. The fraction of sp³-hybridized carbons (Fsp3) is 0.760. The monoisotopic (exact) mass is 550 g/mol. The first-order valence-corrected chi connectivity index (χ1v) is 13.0. The minimum absolute atomic E-state index is 0.149. The van der Waals surface area contributed by atoms with E-state index >= 15 is 0 Å². The molecule has 206 valence electrons. The molecule has 8 atom stereocenters. The molecule has 0 aromatic heterocycles. The second-order valence-corrected chi connectivity index (χ2v) is 12.1. The van der Waals surface area contributed by atoms with Crippen LogP contribution in [-0.2, 0) is 25.0 Å². The van der Waals surface area contributed by atoms with Crippen LogP contribution < -0.4 is 4.74 Å². The summed E-state index contributed by atoms with van der Waals surface area (Å²) in [6.45, 7) is -0.0179. The number of ether oxygens (including phenoxy) is 3. The van der Waals surface area contributed by atoms with Crippen LogP contribution in [0.4, 0.5) is 13.2 Å². The SMILES string of the molecule is CC1OC(Oc2cccc(C3(OCC(F)(F)F)OOC34C3CC5CC4CC(Cl)(C5)C3)c2)C(O)C(O)C1O. The van der Waals surface area contributed by atoms with Gasteiger partial charge in [-0.2, -0.15) is 18.1 Å². The molecule has 4 aliphatic carbocycles. The van der Waals surface area contributed by atoms with Gasteiger partial charge in [-0.15, -0.1) is 11.6 Å². The van der Waals surface area contributed by atoms with E-state index in [1.54, 1.807) is 12.1 Å². The van der Waals surface area contributed by atoms with Gasteiger partial charge < -0.3 is 29.5 Å². The summed E-state index contributed by atoms with van der Waals surface area (Å²) in [5, 5.41) is 30.4. The molecular formula is C25H30ClF3O8. The highest BCUT2D eigenvalue weighted by Crippen LogP contribution is 2.71. The maximum atomic E-state index is 13.4. The quantitative estimate of drug-likeness (QED) is 0.379. The van der Waals surface area contributed by atoms with Crippen molar-refractivity contribution in [2.45, 2.75) is 92.2 Å². The van der Waals surface area contributed by atoms with Crippen LogP contribution in [0.5, 0.6) is 5.75 Å². The molecule has 4 saturated carbocycles. The summed E-state index contributed by atoms with van der Waals surface area (Å²) < 4.78 is 57.2. The number of alkyl halides is 4. The Morgan fingerprint density at radius 3 is 2.32 bits per heavy atom. The Kier molecular flexibility index (Phi) is 6.10. The molecule has 8 nitrogen and oxygen atoms in total. The Morgan fingerprint density at radius 2 is 1.73 bits per heavy atom. The Bertz CT molecular complexity index is 1030. The molecule has 6 fully saturated rings. The topological polar surface area (TPSA) is 107 Å². The number of hydrogen-bond acceptors (Lipinski definition) is 8. The minimum atomic E-state index is -4.60. The van der Waals surface area contributed by atoms with Gasteiger partial charge in [0, 0.05) is 10.4 Å². The summed E-state index contributed by atoms with van der Waals surface area (Å²) in [7, 11) is 0. The van der Waals surface area contributed by atoms with Crippen LogP contribution in [0, 0.1) is 17.8 Å². The standard InChI is InChI=1S/C25H30ClF3O8/c1-12-18(30)19(31)20(32)21(34-12)35-17-4-2-3-14(7-17)25(33-11-23(27,28)29)24(36-37-25)15-5-13-6-16(24)10-22(26,8-13)9-15/h2-4,7,12-13,15-16,18-21,30-32H,5-6,8-11H2,1H3. The highest BCUT2D eigenvalue weighted by atomic mass is 35.5. The molecule has 0 radical (unpaired) electrons. The van der Waals surface area contributed by atoms with Crippen LogP contribution in [-0.4, -0.2) is 69.3 Å². The van der Waals surface area contributed by atoms with Gasteiger partial charge in [-0.3, -0.25) is 0 Å². The molecule has 1 aromatic carbocycles. The molecule has 1 spiro atoms. The van der Waals surface area contributed by atoms with Crippen LogP contribution in [0.3, 0.4) is 0 Å². The summed E-state index contributed by atoms with van der Waals surface area (Å²) in [5.74, 6) is -1.61. The van der Waals surface area contributed by atoms with E-state index in [1.807, 2.05) is 0 Å². The molecule has 2 saturated heterocycles. The van der Waals surface area contributed by atoms with E-state index in [0.29, 0.717) is 18.8 Å². The van der Waals surface area contributed by atoms with Gasteiger partial charge in [-0.05, 0) is 68.9 Å². The number of halogens is 4. The second kappa shape index (κ2) is 8.66. The first-order chi connectivity index (χ1) is 17.4. The third-order valence-corrected chi connectivity index (χ3v) is 9.32. The lowest BCUT2D eigenvalue weighted by Gasteiger charge is -2.70. The van der Waals surface area contributed by atoms with Crippen molar-refractivity contribution < 1.29 is 52.5 Å². The predicted molar refractivity (Wildman–Crippen MR) is 120 cm³/mol. The molecule has 4 bridgehead atoms. The summed E-state index contributed by atoms with van der Waals surface area (Å²) >= 11 is 6.90. The van der Waals surface area contributed by atoms with Crippen LogP contribution in [0.15, 0.2) is 24.3 Å². The molecule has 2 aliphatic heterocycles. The van der Waals surface area contributed by atoms with E-state index < -0.39 is 59.8 Å². The predicted octanol–water partition coefficient (Wildman–Crippen LogP) is 3.14. The highest BCUT2D eigenvalue weighted by Gasteiger charge is 2.78. The third kappa shape index (κ3) is 4.00. The van der Waals surface area contributed by atoms with Crippen LogP contribution in [0.2, 0.25) is 0 Å². The molecule has 1 aromatic rings. The number of benzene rings is 1. The second-order valence-electron chi connectivity index (χ2n) is 11.3. The van der Waals surface area contributed by atoms with Crippen LogP contribution in [0.25, 0.3) is 0 Å². The van der Waals surface area contributed by atoms with Crippen molar-refractivity contribution in [3.05, 3.63) is 29.8 Å². The van der Waals surface area contributed by atoms with E-state index in [-0.39, 0.29) is 23.1 Å². The molecule has 37 heavy (non-hydrogen) atoms. The van der Waals surface area contributed by atoms with Crippen molar-refractivity contribution in [3.8, 4) is 5.75 Å². The summed E-state index contributed by atoms with van der Waals surface area (Å²) in [5.41, 5.74) is -0.863. The molecule has 7 rings (SSSR count). The van der Waals surface area contributed by atoms with E-state index in [9.17, 15) is 28.5 Å². The Balaban J connectivity index is 1.34. The van der Waals surface area contributed by atoms with Gasteiger partial charge in [0.25, 0.3) is 5.79 Å². The van der Waals surface area contributed by atoms with Gasteiger partial charge in [-0.1, -0.05) is 12.1 Å². The average molecular weight is 551 g/mol. The fourth-order valence-corrected chi connectivity index (χ4v) is 8.05. The van der Waals surface area contributed by atoms with Crippen molar-refractivity contribution in [3.63, 3.8) is 0 Å². The van der Waals surface area contributed by atoms with E-state index in [1.165, 1.54) is 19.1 Å². The maximum absolute atomic E-state index is 13.4. The van der Waals surface area contributed by atoms with Gasteiger partial charge in [0.05, 0.1) is 6.10 Å². The smallest absolute Gasteiger partial charge is 0.411 e. The molecule has 6 aliphatic rings. The van der Waals surface area contributed by atoms with Crippen molar-refractivity contribution in [1.82, 2.24) is 0 Å². The van der Waals surface area contributed by atoms with Crippen molar-refractivity contribution >= 4 is 11.6 Å². The summed E-state index contributed by atoms with van der Waals surface area (Å²) in [6.07, 6.45) is -7.49. The lowest BCUT2D eigenvalue weighted by molar-refractivity contribution is -0.650. The summed E-state index contributed by atoms with van der Waals surface area (Å²) in [4.78, 5) is 11.0. The van der Waals surface area contributed by atoms with Gasteiger partial charge in [-0.25, -0.2) is 4.89 Å². The lowest BCUT2D eigenvalue weighted by Crippen LogP contribution is -2.78. The van der Waals surface area contributed by atoms with Crippen LogP contribution in [0.1, 0.15) is 44.6 Å². The molecule has 3 N–H and O–H groups in total. The Morgan fingerprint density at radius 1 is 1.03 bits per heavy atom. The van der Waals surface area contributed by atoms with Gasteiger partial charge in [0.15, 0.2) is 5.60 Å². The fourth-order valence-electron chi connectivity index (χ4n) is 7.46. The van der Waals surface area contributed by atoms with Crippen molar-refractivity contribution in [2.24, 2.45) is 17.8 Å². The lowest BCUT2D eigenvalue weighted by atomic mass is 9.46. The van der Waals surface area contributed by atoms with E-state index in [0.717, 1.165) is 19.3 Å². The third-order valence-electron chi connectivity index (χ3n) is 8.85. The molecular weight excluding hydrogens is 521 g/mol. The van der Waals surface area contributed by atoms with Gasteiger partial charge in [0.1, 0.15) is 30.7 Å². The zero-order chi connectivity index (χ0) is 26.4. The van der Waals surface area contributed by atoms with Crippen LogP contribution >= 0.6 is 11.6 Å². The highest BCUT2D eigenvalue weighted by molar-refractivity contribution is 6.24. The normalized spacial score (nSPS) is 48.8. The van der Waals surface area contributed by atoms with E-state index in [4.69, 9.17) is 35.6 Å². The molecule has 2 heterocycles. The Labute approximate surface area is 216 Å². The zero-order valence-electron chi connectivity index (χ0n) is 20.1. The summed E-state index contributed by atoms with van der Waals surface area (Å²) in [6, 6.07) is 6.17. The Hall–Kier alpha value is -1.18. The maximum Gasteiger partial charge on any atom is 0.411 e. The molecule has 12 heteroatoms.